The van der Waals surface area contributed by atoms with Gasteiger partial charge in [-0.15, -0.1) is 0 Å². The number of hydrogen-bond donors (Lipinski definition) is 0. The van der Waals surface area contributed by atoms with Crippen molar-refractivity contribution in [3.05, 3.63) is 60.8 Å². The van der Waals surface area contributed by atoms with Gasteiger partial charge in [-0.2, -0.15) is 0 Å². The van der Waals surface area contributed by atoms with E-state index in [0.29, 0.717) is 36.1 Å². The van der Waals surface area contributed by atoms with Crippen molar-refractivity contribution in [3.8, 4) is 0 Å². The Morgan fingerprint density at radius 2 is 1.14 bits per heavy atom. The molecule has 0 aliphatic carbocycles. The molecule has 0 radical (unpaired) electrons. The molecule has 1 fully saturated rings. The summed E-state index contributed by atoms with van der Waals surface area (Å²) in [5, 5.41) is 0. The molecule has 0 aromatic carbocycles. The molecular formula is C48H84NO9P. The van der Waals surface area contributed by atoms with Crippen LogP contribution in [0.15, 0.2) is 60.8 Å². The van der Waals surface area contributed by atoms with E-state index < -0.39 is 32.5 Å². The van der Waals surface area contributed by atoms with Gasteiger partial charge in [-0.1, -0.05) is 132 Å². The summed E-state index contributed by atoms with van der Waals surface area (Å²) < 4.78 is 39.7. The summed E-state index contributed by atoms with van der Waals surface area (Å²) in [6.07, 6.45) is 45.5. The first-order chi connectivity index (χ1) is 28.5. The molecule has 4 atom stereocenters. The fraction of sp³-hybridized carbons (Fsp3) is 0.750. The number of carbonyl (C=O) groups is 2. The quantitative estimate of drug-likeness (QED) is 0.0148. The van der Waals surface area contributed by atoms with Gasteiger partial charge in [0.05, 0.1) is 40.0 Å². The van der Waals surface area contributed by atoms with E-state index in [2.05, 4.69) is 74.6 Å². The SMILES string of the molecule is CCCCC/C=C\C/C=C\C/C=C\C/C=C\CCCCCC(=O)OC[C@H](COP(=O)([O-])OCC[N+](C)(C)C)OC(=O)CCCCCCCC1OC1C/C=C\CCCCC. The zero-order valence-corrected chi connectivity index (χ0v) is 38.8. The predicted octanol–water partition coefficient (Wildman–Crippen LogP) is 11.6. The van der Waals surface area contributed by atoms with Crippen LogP contribution in [0.2, 0.25) is 0 Å². The number of quaternary nitrogens is 1. The number of epoxide rings is 1. The van der Waals surface area contributed by atoms with Gasteiger partial charge in [0.25, 0.3) is 7.82 Å². The van der Waals surface area contributed by atoms with Crippen molar-refractivity contribution in [2.24, 2.45) is 0 Å². The van der Waals surface area contributed by atoms with Gasteiger partial charge in [-0.25, -0.2) is 0 Å². The molecule has 11 heteroatoms. The minimum Gasteiger partial charge on any atom is -0.756 e. The number of nitrogens with zero attached hydrogens (tertiary/aromatic N) is 1. The predicted molar refractivity (Wildman–Crippen MR) is 240 cm³/mol. The molecule has 1 rings (SSSR count). The smallest absolute Gasteiger partial charge is 0.306 e. The Bertz CT molecular complexity index is 1260. The van der Waals surface area contributed by atoms with Crippen molar-refractivity contribution in [3.63, 3.8) is 0 Å². The zero-order chi connectivity index (χ0) is 43.3. The zero-order valence-electron chi connectivity index (χ0n) is 37.9. The van der Waals surface area contributed by atoms with Gasteiger partial charge in [0.2, 0.25) is 0 Å². The van der Waals surface area contributed by atoms with Gasteiger partial charge in [0, 0.05) is 12.8 Å². The van der Waals surface area contributed by atoms with Gasteiger partial charge in [0.1, 0.15) is 19.8 Å². The Hall–Kier alpha value is -2.33. The molecule has 0 amide bonds. The van der Waals surface area contributed by atoms with Crippen molar-refractivity contribution < 1.29 is 46.8 Å². The lowest BCUT2D eigenvalue weighted by Crippen LogP contribution is -2.37. The summed E-state index contributed by atoms with van der Waals surface area (Å²) in [6.45, 7) is 4.09. The van der Waals surface area contributed by atoms with Gasteiger partial charge < -0.3 is 32.6 Å². The van der Waals surface area contributed by atoms with Crippen molar-refractivity contribution in [1.29, 1.82) is 0 Å². The first kappa shape index (κ1) is 54.7. The maximum absolute atomic E-state index is 12.7. The average molecular weight is 850 g/mol. The molecule has 0 bridgehead atoms. The van der Waals surface area contributed by atoms with E-state index in [4.69, 9.17) is 23.3 Å². The van der Waals surface area contributed by atoms with E-state index in [0.717, 1.165) is 83.5 Å². The van der Waals surface area contributed by atoms with Crippen molar-refractivity contribution in [1.82, 2.24) is 0 Å². The number of ether oxygens (including phenoxy) is 3. The molecule has 1 saturated heterocycles. The van der Waals surface area contributed by atoms with E-state index in [9.17, 15) is 19.0 Å². The first-order valence-electron chi connectivity index (χ1n) is 23.1. The molecule has 0 aromatic heterocycles. The highest BCUT2D eigenvalue weighted by Gasteiger charge is 2.36. The van der Waals surface area contributed by atoms with Gasteiger partial charge in [-0.05, 0) is 83.5 Å². The Morgan fingerprint density at radius 1 is 0.627 bits per heavy atom. The van der Waals surface area contributed by atoms with E-state index in [1.54, 1.807) is 0 Å². The fourth-order valence-electron chi connectivity index (χ4n) is 6.17. The highest BCUT2D eigenvalue weighted by Crippen LogP contribution is 2.38. The third-order valence-electron chi connectivity index (χ3n) is 9.93. The van der Waals surface area contributed by atoms with Gasteiger partial charge in [-0.3, -0.25) is 14.2 Å². The van der Waals surface area contributed by atoms with Gasteiger partial charge >= 0.3 is 11.9 Å². The Labute approximate surface area is 360 Å². The molecular weight excluding hydrogens is 765 g/mol. The molecule has 0 spiro atoms. The molecule has 59 heavy (non-hydrogen) atoms. The molecule has 0 saturated carbocycles. The summed E-state index contributed by atoms with van der Waals surface area (Å²) >= 11 is 0. The van der Waals surface area contributed by atoms with Crippen LogP contribution in [-0.2, 0) is 37.4 Å². The van der Waals surface area contributed by atoms with Crippen LogP contribution in [-0.4, -0.2) is 82.2 Å². The monoisotopic (exact) mass is 850 g/mol. The number of esters is 2. The minimum atomic E-state index is -4.65. The second kappa shape index (κ2) is 36.3. The molecule has 1 aliphatic heterocycles. The van der Waals surface area contributed by atoms with E-state index in [1.807, 2.05) is 21.1 Å². The molecule has 3 unspecified atom stereocenters. The number of phosphoric ester groups is 1. The number of hydrogen-bond acceptors (Lipinski definition) is 9. The van der Waals surface area contributed by atoms with Gasteiger partial charge in [0.15, 0.2) is 6.10 Å². The lowest BCUT2D eigenvalue weighted by molar-refractivity contribution is -0.870. The number of likely N-dealkylation sites (N-methyl/N-ethyl adjacent to an activating group) is 1. The topological polar surface area (TPSA) is 124 Å². The molecule has 340 valence electrons. The van der Waals surface area contributed by atoms with Crippen molar-refractivity contribution >= 4 is 19.8 Å². The van der Waals surface area contributed by atoms with Crippen LogP contribution in [0.4, 0.5) is 0 Å². The number of rotatable bonds is 40. The summed E-state index contributed by atoms with van der Waals surface area (Å²) in [7, 11) is 1.12. The highest BCUT2D eigenvalue weighted by molar-refractivity contribution is 7.45. The molecule has 0 aromatic rings. The third-order valence-corrected chi connectivity index (χ3v) is 10.9. The van der Waals surface area contributed by atoms with Crippen LogP contribution in [0.1, 0.15) is 168 Å². The standard InChI is InChI=1S/C48H84NO9P/c1-6-8-10-12-14-15-16-17-18-19-20-21-22-23-24-25-26-30-34-38-47(50)54-42-44(43-56-59(52,53)55-41-40-49(3,4)5)57-48(51)39-35-31-27-29-33-37-46-45(58-46)36-32-28-13-11-9-7-2/h14-15,17-18,20-21,23-24,28,32,44-46H,6-13,16,19,22,25-27,29-31,33-43H2,1-5H3/b15-14-,18-17-,21-20-,24-23-,32-28-/t44-,45?,46?/m1/s1. The maximum Gasteiger partial charge on any atom is 0.306 e. The summed E-state index contributed by atoms with van der Waals surface area (Å²) in [5.74, 6) is -0.898. The molecule has 1 heterocycles. The fourth-order valence-corrected chi connectivity index (χ4v) is 6.90. The number of unbranched alkanes of at least 4 members (excludes halogenated alkanes) is 13. The van der Waals surface area contributed by atoms with E-state index in [1.165, 1.54) is 44.9 Å². The second-order valence-corrected chi connectivity index (χ2v) is 18.2. The third kappa shape index (κ3) is 37.2. The lowest BCUT2D eigenvalue weighted by atomic mass is 10.1. The van der Waals surface area contributed by atoms with Crippen LogP contribution in [0.25, 0.3) is 0 Å². The van der Waals surface area contributed by atoms with Crippen LogP contribution in [0.3, 0.4) is 0 Å². The van der Waals surface area contributed by atoms with Crippen molar-refractivity contribution in [2.75, 3.05) is 47.5 Å². The first-order valence-corrected chi connectivity index (χ1v) is 24.6. The number of carbonyl (C=O) groups excluding carboxylic acids is 2. The largest absolute Gasteiger partial charge is 0.756 e. The van der Waals surface area contributed by atoms with E-state index in [-0.39, 0.29) is 26.1 Å². The van der Waals surface area contributed by atoms with Crippen molar-refractivity contribution in [2.45, 2.75) is 186 Å². The average Bonchev–Trinajstić information content (AvgIpc) is 3.94. The highest BCUT2D eigenvalue weighted by atomic mass is 31.2. The Kier molecular flexibility index (Phi) is 33.7. The molecule has 10 nitrogen and oxygen atoms in total. The lowest BCUT2D eigenvalue weighted by Gasteiger charge is -2.28. The van der Waals surface area contributed by atoms with Crippen LogP contribution in [0.5, 0.6) is 0 Å². The number of phosphoric acid groups is 1. The Balaban J connectivity index is 2.30. The molecule has 0 N–H and O–H groups in total. The Morgan fingerprint density at radius 3 is 1.73 bits per heavy atom. The summed E-state index contributed by atoms with van der Waals surface area (Å²) in [6, 6.07) is 0. The second-order valence-electron chi connectivity index (χ2n) is 16.8. The minimum absolute atomic E-state index is 0.0447. The summed E-state index contributed by atoms with van der Waals surface area (Å²) in [5.41, 5.74) is 0. The van der Waals surface area contributed by atoms with E-state index >= 15 is 0 Å². The number of allylic oxidation sites excluding steroid dienone is 9. The normalized spacial score (nSPS) is 17.5. The van der Waals surface area contributed by atoms with Crippen LogP contribution in [0, 0.1) is 0 Å². The van der Waals surface area contributed by atoms with Crippen LogP contribution >= 0.6 is 7.82 Å². The maximum atomic E-state index is 12.7. The molecule has 1 aliphatic rings. The summed E-state index contributed by atoms with van der Waals surface area (Å²) in [4.78, 5) is 37.6. The van der Waals surface area contributed by atoms with Crippen LogP contribution < -0.4 is 4.89 Å².